The number of hydrogen-bond acceptors (Lipinski definition) is 3. The van der Waals surface area contributed by atoms with Crippen LogP contribution in [-0.2, 0) is 10.3 Å². The van der Waals surface area contributed by atoms with Crippen molar-refractivity contribution in [2.75, 3.05) is 11.4 Å². The number of halogens is 2. The lowest BCUT2D eigenvalue weighted by Gasteiger charge is -2.39. The highest BCUT2D eigenvalue weighted by Crippen LogP contribution is 2.38. The van der Waals surface area contributed by atoms with E-state index < -0.39 is 11.5 Å². The molecule has 0 radical (unpaired) electrons. The van der Waals surface area contributed by atoms with Crippen molar-refractivity contribution in [1.29, 1.82) is 0 Å². The van der Waals surface area contributed by atoms with E-state index in [1.54, 1.807) is 25.1 Å². The maximum atomic E-state index is 12.0. The van der Waals surface area contributed by atoms with E-state index in [1.165, 1.54) is 11.3 Å². The number of rotatable bonds is 5. The minimum Gasteiger partial charge on any atom is -0.479 e. The number of likely N-dealkylation sites (N-methyl/N-ethyl adjacent to an activating group) is 1. The molecule has 1 atom stereocenters. The van der Waals surface area contributed by atoms with Gasteiger partial charge in [-0.15, -0.1) is 23.7 Å². The molecule has 0 fully saturated rings. The van der Waals surface area contributed by atoms with Crippen LogP contribution in [0.5, 0.6) is 0 Å². The third kappa shape index (κ3) is 3.18. The Labute approximate surface area is 139 Å². The first-order valence-corrected chi connectivity index (χ1v) is 7.57. The third-order valence-corrected chi connectivity index (χ3v) is 4.66. The normalized spacial score (nSPS) is 13.1. The molecule has 114 valence electrons. The zero-order chi connectivity index (χ0) is 14.8. The van der Waals surface area contributed by atoms with Gasteiger partial charge in [0.05, 0.1) is 5.00 Å². The Bertz CT molecular complexity index is 603. The summed E-state index contributed by atoms with van der Waals surface area (Å²) in [6, 6.07) is 10.9. The van der Waals surface area contributed by atoms with E-state index >= 15 is 0 Å². The Kier molecular flexibility index (Phi) is 6.08. The molecule has 0 saturated heterocycles. The number of benzene rings is 1. The molecule has 21 heavy (non-hydrogen) atoms. The predicted molar refractivity (Wildman–Crippen MR) is 91.0 cm³/mol. The second-order valence-electron chi connectivity index (χ2n) is 4.55. The smallest absolute Gasteiger partial charge is 0.334 e. The number of carboxylic acid groups (broad SMARTS) is 1. The van der Waals surface area contributed by atoms with Crippen molar-refractivity contribution in [2.45, 2.75) is 19.4 Å². The minimum absolute atomic E-state index is 0. The van der Waals surface area contributed by atoms with Gasteiger partial charge in [0.2, 0.25) is 0 Å². The van der Waals surface area contributed by atoms with Crippen LogP contribution in [0.2, 0.25) is 5.02 Å². The molecule has 0 spiro atoms. The molecule has 0 aliphatic carbocycles. The molecule has 2 aromatic rings. The summed E-state index contributed by atoms with van der Waals surface area (Å²) in [6.07, 6.45) is 0. The Morgan fingerprint density at radius 1 is 1.33 bits per heavy atom. The number of hydrogen-bond donors (Lipinski definition) is 1. The molecule has 0 saturated carbocycles. The fourth-order valence-electron chi connectivity index (χ4n) is 2.35. The summed E-state index contributed by atoms with van der Waals surface area (Å²) in [5, 5.41) is 13.1. The van der Waals surface area contributed by atoms with Gasteiger partial charge >= 0.3 is 5.97 Å². The third-order valence-electron chi connectivity index (χ3n) is 3.44. The first kappa shape index (κ1) is 17.8. The van der Waals surface area contributed by atoms with Crippen LogP contribution >= 0.6 is 35.3 Å². The second kappa shape index (κ2) is 7.16. The standard InChI is InChI=1S/C15H16ClNO2S.ClH/c1-3-17(13-9-6-10-20-13)15(2,14(18)19)11-7-4-5-8-12(11)16;/h4-10H,3H2,1-2H3,(H,18,19);1H. The van der Waals surface area contributed by atoms with Crippen LogP contribution in [0.3, 0.4) is 0 Å². The van der Waals surface area contributed by atoms with Gasteiger partial charge in [0.1, 0.15) is 0 Å². The maximum absolute atomic E-state index is 12.0. The van der Waals surface area contributed by atoms with Gasteiger partial charge in [-0.25, -0.2) is 4.79 Å². The van der Waals surface area contributed by atoms with Gasteiger partial charge in [0.15, 0.2) is 5.54 Å². The average Bonchev–Trinajstić information content (AvgIpc) is 2.93. The van der Waals surface area contributed by atoms with Crippen LogP contribution in [-0.4, -0.2) is 17.6 Å². The lowest BCUT2D eigenvalue weighted by atomic mass is 9.90. The molecule has 3 nitrogen and oxygen atoms in total. The van der Waals surface area contributed by atoms with Crippen LogP contribution in [0.15, 0.2) is 41.8 Å². The van der Waals surface area contributed by atoms with Crippen LogP contribution in [0, 0.1) is 0 Å². The fraction of sp³-hybridized carbons (Fsp3) is 0.267. The zero-order valence-electron chi connectivity index (χ0n) is 11.7. The van der Waals surface area contributed by atoms with E-state index in [0.717, 1.165) is 5.00 Å². The predicted octanol–water partition coefficient (Wildman–Crippen LogP) is 4.65. The highest BCUT2D eigenvalue weighted by atomic mass is 35.5. The largest absolute Gasteiger partial charge is 0.479 e. The Balaban J connectivity index is 0.00000220. The number of carboxylic acids is 1. The molecular formula is C15H17Cl2NO2S. The Hall–Kier alpha value is -1.23. The second-order valence-corrected chi connectivity index (χ2v) is 5.89. The maximum Gasteiger partial charge on any atom is 0.334 e. The van der Waals surface area contributed by atoms with E-state index in [0.29, 0.717) is 17.1 Å². The zero-order valence-corrected chi connectivity index (χ0v) is 14.1. The lowest BCUT2D eigenvalue weighted by molar-refractivity contribution is -0.143. The van der Waals surface area contributed by atoms with Crippen LogP contribution in [0.4, 0.5) is 5.00 Å². The molecular weight excluding hydrogens is 329 g/mol. The molecule has 2 rings (SSSR count). The van der Waals surface area contributed by atoms with Gasteiger partial charge in [-0.2, -0.15) is 0 Å². The summed E-state index contributed by atoms with van der Waals surface area (Å²) in [7, 11) is 0. The first-order chi connectivity index (χ1) is 9.51. The van der Waals surface area contributed by atoms with E-state index in [2.05, 4.69) is 0 Å². The van der Waals surface area contributed by atoms with Crippen LogP contribution < -0.4 is 4.90 Å². The highest BCUT2D eigenvalue weighted by molar-refractivity contribution is 7.14. The average molecular weight is 346 g/mol. The van der Waals surface area contributed by atoms with Crippen LogP contribution in [0.25, 0.3) is 0 Å². The molecule has 1 N–H and O–H groups in total. The van der Waals surface area contributed by atoms with E-state index in [1.807, 2.05) is 35.4 Å². The first-order valence-electron chi connectivity index (χ1n) is 6.31. The minimum atomic E-state index is -1.20. The van der Waals surface area contributed by atoms with Crippen LogP contribution in [0.1, 0.15) is 19.4 Å². The lowest BCUT2D eigenvalue weighted by Crippen LogP contribution is -2.50. The molecule has 0 aliphatic rings. The van der Waals surface area contributed by atoms with Crippen molar-refractivity contribution in [1.82, 2.24) is 0 Å². The van der Waals surface area contributed by atoms with Crippen molar-refractivity contribution in [3.05, 3.63) is 52.4 Å². The molecule has 1 aromatic heterocycles. The van der Waals surface area contributed by atoms with E-state index in [-0.39, 0.29) is 12.4 Å². The van der Waals surface area contributed by atoms with Crippen molar-refractivity contribution in [3.63, 3.8) is 0 Å². The van der Waals surface area contributed by atoms with Gasteiger partial charge in [-0.3, -0.25) is 0 Å². The molecule has 1 unspecified atom stereocenters. The van der Waals surface area contributed by atoms with E-state index in [9.17, 15) is 9.90 Å². The fourth-order valence-corrected chi connectivity index (χ4v) is 3.56. The van der Waals surface area contributed by atoms with Gasteiger partial charge in [-0.1, -0.05) is 29.8 Å². The number of aliphatic carboxylic acids is 1. The monoisotopic (exact) mass is 345 g/mol. The summed E-state index contributed by atoms with van der Waals surface area (Å²) < 4.78 is 0. The molecule has 1 aromatic carbocycles. The molecule has 6 heteroatoms. The molecule has 0 aliphatic heterocycles. The number of thiophene rings is 1. The van der Waals surface area contributed by atoms with Crippen molar-refractivity contribution in [3.8, 4) is 0 Å². The van der Waals surface area contributed by atoms with Crippen molar-refractivity contribution >= 4 is 46.3 Å². The van der Waals surface area contributed by atoms with Gasteiger partial charge in [-0.05, 0) is 37.4 Å². The summed E-state index contributed by atoms with van der Waals surface area (Å²) in [6.45, 7) is 4.21. The number of carbonyl (C=O) groups is 1. The van der Waals surface area contributed by atoms with E-state index in [4.69, 9.17) is 11.6 Å². The Morgan fingerprint density at radius 2 is 2.00 bits per heavy atom. The number of nitrogens with zero attached hydrogens (tertiary/aromatic N) is 1. The quantitative estimate of drug-likeness (QED) is 0.857. The highest BCUT2D eigenvalue weighted by Gasteiger charge is 2.42. The Morgan fingerprint density at radius 3 is 2.48 bits per heavy atom. The summed E-state index contributed by atoms with van der Waals surface area (Å²) in [4.78, 5) is 13.8. The molecule has 1 heterocycles. The number of anilines is 1. The van der Waals surface area contributed by atoms with Crippen molar-refractivity contribution in [2.24, 2.45) is 0 Å². The van der Waals surface area contributed by atoms with Crippen molar-refractivity contribution < 1.29 is 9.90 Å². The summed E-state index contributed by atoms with van der Waals surface area (Å²) in [5.41, 5.74) is -0.595. The topological polar surface area (TPSA) is 40.5 Å². The summed E-state index contributed by atoms with van der Waals surface area (Å²) in [5.74, 6) is -0.916. The molecule has 0 amide bonds. The SMILES string of the molecule is CCN(c1cccs1)C(C)(C(=O)O)c1ccccc1Cl.Cl. The van der Waals surface area contributed by atoms with Gasteiger partial charge in [0.25, 0.3) is 0 Å². The summed E-state index contributed by atoms with van der Waals surface area (Å²) >= 11 is 7.75. The van der Waals surface area contributed by atoms with Gasteiger partial charge < -0.3 is 10.0 Å². The van der Waals surface area contributed by atoms with Gasteiger partial charge in [0, 0.05) is 17.1 Å². The molecule has 0 bridgehead atoms.